The van der Waals surface area contributed by atoms with Crippen molar-refractivity contribution in [2.75, 3.05) is 44.2 Å². The summed E-state index contributed by atoms with van der Waals surface area (Å²) in [4.78, 5) is 15.5. The molecular formula is C17H21ClF3N3O2. The van der Waals surface area contributed by atoms with Crippen molar-refractivity contribution in [1.29, 1.82) is 0 Å². The molecule has 1 aromatic carbocycles. The first kappa shape index (κ1) is 19.1. The van der Waals surface area contributed by atoms with Gasteiger partial charge in [-0.05, 0) is 31.0 Å². The van der Waals surface area contributed by atoms with Gasteiger partial charge in [-0.25, -0.2) is 4.79 Å². The maximum absolute atomic E-state index is 13.3. The van der Waals surface area contributed by atoms with Crippen LogP contribution in [0.25, 0.3) is 0 Å². The van der Waals surface area contributed by atoms with Gasteiger partial charge in [0.25, 0.3) is 0 Å². The van der Waals surface area contributed by atoms with E-state index in [9.17, 15) is 18.0 Å². The van der Waals surface area contributed by atoms with Crippen molar-refractivity contribution in [2.24, 2.45) is 0 Å². The minimum Gasteiger partial charge on any atom is -0.376 e. The van der Waals surface area contributed by atoms with Gasteiger partial charge in [-0.15, -0.1) is 0 Å². The molecule has 0 radical (unpaired) electrons. The number of urea groups is 1. The highest BCUT2D eigenvalue weighted by Gasteiger charge is 2.36. The van der Waals surface area contributed by atoms with Gasteiger partial charge in [0, 0.05) is 50.0 Å². The van der Waals surface area contributed by atoms with Gasteiger partial charge in [0.15, 0.2) is 0 Å². The molecule has 2 fully saturated rings. The topological polar surface area (TPSA) is 44.8 Å². The third-order valence-corrected chi connectivity index (χ3v) is 4.91. The van der Waals surface area contributed by atoms with Gasteiger partial charge in [0.05, 0.1) is 11.7 Å². The number of nitrogens with zero attached hydrogens (tertiary/aromatic N) is 2. The number of benzene rings is 1. The molecule has 2 amide bonds. The number of halogens is 4. The van der Waals surface area contributed by atoms with Crippen molar-refractivity contribution in [3.63, 3.8) is 0 Å². The zero-order chi connectivity index (χ0) is 18.7. The van der Waals surface area contributed by atoms with Gasteiger partial charge in [-0.1, -0.05) is 11.6 Å². The molecule has 5 nitrogen and oxygen atoms in total. The van der Waals surface area contributed by atoms with E-state index in [0.717, 1.165) is 25.5 Å². The largest absolute Gasteiger partial charge is 0.418 e. The van der Waals surface area contributed by atoms with Crippen LogP contribution in [0.15, 0.2) is 18.2 Å². The molecule has 26 heavy (non-hydrogen) atoms. The van der Waals surface area contributed by atoms with E-state index in [-0.39, 0.29) is 22.8 Å². The number of carbonyl (C=O) groups excluding carboxylic acids is 1. The minimum absolute atomic E-state index is 0.0493. The van der Waals surface area contributed by atoms with Gasteiger partial charge < -0.3 is 19.9 Å². The number of ether oxygens (including phenoxy) is 1. The first-order valence-electron chi connectivity index (χ1n) is 8.60. The molecule has 1 aromatic rings. The molecule has 1 N–H and O–H groups in total. The summed E-state index contributed by atoms with van der Waals surface area (Å²) in [7, 11) is 0. The normalized spacial score (nSPS) is 21.2. The fraction of sp³-hybridized carbons (Fsp3) is 0.588. The van der Waals surface area contributed by atoms with Crippen LogP contribution in [0.5, 0.6) is 0 Å². The van der Waals surface area contributed by atoms with Crippen LogP contribution < -0.4 is 10.2 Å². The van der Waals surface area contributed by atoms with Gasteiger partial charge >= 0.3 is 12.2 Å². The summed E-state index contributed by atoms with van der Waals surface area (Å²) < 4.78 is 45.3. The van der Waals surface area contributed by atoms with Crippen LogP contribution in [0.1, 0.15) is 18.4 Å². The molecule has 1 unspecified atom stereocenters. The highest BCUT2D eigenvalue weighted by atomic mass is 35.5. The zero-order valence-electron chi connectivity index (χ0n) is 14.2. The lowest BCUT2D eigenvalue weighted by molar-refractivity contribution is -0.137. The minimum atomic E-state index is -4.48. The van der Waals surface area contributed by atoms with E-state index >= 15 is 0 Å². The molecule has 3 rings (SSSR count). The number of hydrogen-bond acceptors (Lipinski definition) is 3. The molecule has 0 spiro atoms. The number of amides is 2. The second-order valence-corrected chi connectivity index (χ2v) is 6.89. The molecule has 0 aromatic heterocycles. The first-order valence-corrected chi connectivity index (χ1v) is 8.98. The molecular weight excluding hydrogens is 371 g/mol. The summed E-state index contributed by atoms with van der Waals surface area (Å²) in [5, 5.41) is 2.89. The van der Waals surface area contributed by atoms with Crippen LogP contribution in [-0.4, -0.2) is 56.4 Å². The second-order valence-electron chi connectivity index (χ2n) is 6.45. The quantitative estimate of drug-likeness (QED) is 0.859. The van der Waals surface area contributed by atoms with Crippen LogP contribution >= 0.6 is 11.6 Å². The zero-order valence-corrected chi connectivity index (χ0v) is 14.9. The van der Waals surface area contributed by atoms with E-state index in [1.54, 1.807) is 9.80 Å². The van der Waals surface area contributed by atoms with Crippen molar-refractivity contribution >= 4 is 23.3 Å². The summed E-state index contributed by atoms with van der Waals surface area (Å²) in [5.74, 6) is 0. The van der Waals surface area contributed by atoms with Gasteiger partial charge in [-0.2, -0.15) is 13.2 Å². The van der Waals surface area contributed by atoms with Crippen LogP contribution in [0, 0.1) is 0 Å². The lowest BCUT2D eigenvalue weighted by atomic mass is 10.1. The predicted octanol–water partition coefficient (Wildman–Crippen LogP) is 3.37. The number of alkyl halides is 3. The third-order valence-electron chi connectivity index (χ3n) is 4.68. The Balaban J connectivity index is 1.57. The van der Waals surface area contributed by atoms with Crippen LogP contribution in [0.3, 0.4) is 0 Å². The fourth-order valence-corrected chi connectivity index (χ4v) is 3.45. The Morgan fingerprint density at radius 3 is 2.62 bits per heavy atom. The van der Waals surface area contributed by atoms with Crippen LogP contribution in [0.4, 0.5) is 23.7 Å². The Morgan fingerprint density at radius 2 is 2.00 bits per heavy atom. The Labute approximate surface area is 155 Å². The highest BCUT2D eigenvalue weighted by Crippen LogP contribution is 2.38. The lowest BCUT2D eigenvalue weighted by Crippen LogP contribution is -2.53. The maximum atomic E-state index is 13.3. The number of anilines is 1. The summed E-state index contributed by atoms with van der Waals surface area (Å²) in [6.07, 6.45) is -2.48. The standard InChI is InChI=1S/C17H21ClF3N3O2/c18-12-3-4-15(14(10-12)17(19,20)21)23-5-7-24(8-6-23)16(25)22-11-13-2-1-9-26-13/h3-4,10,13H,1-2,5-9,11H2,(H,22,25). The molecule has 2 heterocycles. The Bertz CT molecular complexity index is 643. The second kappa shape index (κ2) is 7.92. The molecule has 0 bridgehead atoms. The monoisotopic (exact) mass is 391 g/mol. The molecule has 0 saturated carbocycles. The molecule has 2 aliphatic heterocycles. The maximum Gasteiger partial charge on any atom is 0.418 e. The highest BCUT2D eigenvalue weighted by molar-refractivity contribution is 6.30. The summed E-state index contributed by atoms with van der Waals surface area (Å²) >= 11 is 5.73. The van der Waals surface area contributed by atoms with E-state index in [2.05, 4.69) is 5.32 Å². The predicted molar refractivity (Wildman–Crippen MR) is 92.6 cm³/mol. The number of nitrogens with one attached hydrogen (secondary N) is 1. The van der Waals surface area contributed by atoms with Crippen molar-refractivity contribution in [3.05, 3.63) is 28.8 Å². The fourth-order valence-electron chi connectivity index (χ4n) is 3.28. The average Bonchev–Trinajstić information content (AvgIpc) is 3.12. The third kappa shape index (κ3) is 4.54. The molecule has 2 aliphatic rings. The number of rotatable bonds is 3. The summed E-state index contributed by atoms with van der Waals surface area (Å²) in [5.41, 5.74) is -0.650. The first-order chi connectivity index (χ1) is 12.3. The SMILES string of the molecule is O=C(NCC1CCCO1)N1CCN(c2ccc(Cl)cc2C(F)(F)F)CC1. The molecule has 144 valence electrons. The molecule has 0 aliphatic carbocycles. The smallest absolute Gasteiger partial charge is 0.376 e. The lowest BCUT2D eigenvalue weighted by Gasteiger charge is -2.37. The Hall–Kier alpha value is -1.67. The molecule has 9 heteroatoms. The number of piperazine rings is 1. The van der Waals surface area contributed by atoms with Gasteiger partial charge in [0.2, 0.25) is 0 Å². The van der Waals surface area contributed by atoms with E-state index in [1.165, 1.54) is 12.1 Å². The van der Waals surface area contributed by atoms with Crippen molar-refractivity contribution in [2.45, 2.75) is 25.1 Å². The van der Waals surface area contributed by atoms with E-state index < -0.39 is 11.7 Å². The number of hydrogen-bond donors (Lipinski definition) is 1. The van der Waals surface area contributed by atoms with Crippen molar-refractivity contribution in [3.8, 4) is 0 Å². The average molecular weight is 392 g/mol. The molecule has 1 atom stereocenters. The Kier molecular flexibility index (Phi) is 5.82. The van der Waals surface area contributed by atoms with Gasteiger partial charge in [-0.3, -0.25) is 0 Å². The van der Waals surface area contributed by atoms with E-state index in [4.69, 9.17) is 16.3 Å². The molecule has 2 saturated heterocycles. The number of carbonyl (C=O) groups is 1. The van der Waals surface area contributed by atoms with E-state index in [1.807, 2.05) is 0 Å². The Morgan fingerprint density at radius 1 is 1.27 bits per heavy atom. The van der Waals surface area contributed by atoms with Crippen LogP contribution in [-0.2, 0) is 10.9 Å². The van der Waals surface area contributed by atoms with Crippen molar-refractivity contribution < 1.29 is 22.7 Å². The van der Waals surface area contributed by atoms with Gasteiger partial charge in [0.1, 0.15) is 0 Å². The van der Waals surface area contributed by atoms with E-state index in [0.29, 0.717) is 32.7 Å². The van der Waals surface area contributed by atoms with Crippen molar-refractivity contribution in [1.82, 2.24) is 10.2 Å². The van der Waals surface area contributed by atoms with Crippen LogP contribution in [0.2, 0.25) is 5.02 Å². The summed E-state index contributed by atoms with van der Waals surface area (Å²) in [6.45, 7) is 2.57. The summed E-state index contributed by atoms with van der Waals surface area (Å²) in [6, 6.07) is 3.58.